The number of hydrogen-bond donors (Lipinski definition) is 1. The third-order valence-electron chi connectivity index (χ3n) is 7.51. The highest BCUT2D eigenvalue weighted by Gasteiger charge is 2.39. The van der Waals surface area contributed by atoms with Crippen LogP contribution in [0.25, 0.3) is 5.57 Å². The summed E-state index contributed by atoms with van der Waals surface area (Å²) in [5, 5.41) is 3.65. The number of rotatable bonds is 7. The highest BCUT2D eigenvalue weighted by atomic mass is 32.2. The monoisotopic (exact) mass is 480 g/mol. The lowest BCUT2D eigenvalue weighted by Gasteiger charge is -2.43. The zero-order chi connectivity index (χ0) is 23.1. The summed E-state index contributed by atoms with van der Waals surface area (Å²) in [5.41, 5.74) is 3.26. The third kappa shape index (κ3) is 4.24. The molecule has 9 heteroatoms. The average Bonchev–Trinajstić information content (AvgIpc) is 3.68. The van der Waals surface area contributed by atoms with Crippen LogP contribution in [0.3, 0.4) is 0 Å². The van der Waals surface area contributed by atoms with Crippen LogP contribution < -0.4 is 10.2 Å². The molecule has 180 valence electrons. The molecule has 1 unspecified atom stereocenters. The van der Waals surface area contributed by atoms with Crippen molar-refractivity contribution in [2.45, 2.75) is 67.7 Å². The molecule has 2 fully saturated rings. The molecular formula is C25H32N6O2S. The summed E-state index contributed by atoms with van der Waals surface area (Å²) in [6.45, 7) is 2.15. The first-order valence-corrected chi connectivity index (χ1v) is 13.8. The van der Waals surface area contributed by atoms with E-state index in [0.29, 0.717) is 30.8 Å². The molecule has 8 nitrogen and oxygen atoms in total. The molecule has 2 aromatic heterocycles. The zero-order valence-corrected chi connectivity index (χ0v) is 20.6. The van der Waals surface area contributed by atoms with Crippen LogP contribution >= 0.6 is 0 Å². The lowest BCUT2D eigenvalue weighted by molar-refractivity contribution is 0.0978. The maximum Gasteiger partial charge on any atom is 0.227 e. The van der Waals surface area contributed by atoms with Crippen molar-refractivity contribution in [2.24, 2.45) is 0 Å². The Morgan fingerprint density at radius 3 is 2.65 bits per heavy atom. The topological polar surface area (TPSA) is 93.1 Å². The van der Waals surface area contributed by atoms with Crippen LogP contribution in [0.5, 0.6) is 0 Å². The number of nitrogens with zero attached hydrogens (tertiary/aromatic N) is 5. The molecule has 2 aliphatic heterocycles. The second-order valence-corrected chi connectivity index (χ2v) is 11.5. The average molecular weight is 481 g/mol. The van der Waals surface area contributed by atoms with Gasteiger partial charge in [-0.05, 0) is 68.4 Å². The molecule has 0 spiro atoms. The maximum absolute atomic E-state index is 12.9. The Morgan fingerprint density at radius 1 is 1.18 bits per heavy atom. The molecule has 0 aromatic carbocycles. The summed E-state index contributed by atoms with van der Waals surface area (Å²) >= 11 is 0. The second-order valence-electron chi connectivity index (χ2n) is 10.0. The molecule has 1 atom stereocenters. The van der Waals surface area contributed by atoms with Gasteiger partial charge in [0.1, 0.15) is 10.7 Å². The van der Waals surface area contributed by atoms with Crippen LogP contribution in [0.1, 0.15) is 67.9 Å². The van der Waals surface area contributed by atoms with E-state index in [1.165, 1.54) is 30.4 Å². The SMILES string of the molecule is COCC1(Nc2nc(N3CC=C(c4ncc(C5CC5)cn4)CC3)nc3c2S(=O)CCC3)CCC1. The summed E-state index contributed by atoms with van der Waals surface area (Å²) in [4.78, 5) is 22.1. The summed E-state index contributed by atoms with van der Waals surface area (Å²) in [7, 11) is 0.674. The number of fused-ring (bicyclic) bond motifs is 1. The number of hydrogen-bond acceptors (Lipinski definition) is 8. The second kappa shape index (κ2) is 9.00. The molecule has 4 aliphatic rings. The van der Waals surface area contributed by atoms with E-state index < -0.39 is 10.8 Å². The first-order valence-electron chi connectivity index (χ1n) is 12.5. The molecule has 2 saturated carbocycles. The van der Waals surface area contributed by atoms with Crippen molar-refractivity contribution in [1.82, 2.24) is 19.9 Å². The fourth-order valence-electron chi connectivity index (χ4n) is 5.21. The van der Waals surface area contributed by atoms with E-state index in [9.17, 15) is 4.21 Å². The number of nitrogens with one attached hydrogen (secondary N) is 1. The third-order valence-corrected chi connectivity index (χ3v) is 9.05. The maximum atomic E-state index is 12.9. The Morgan fingerprint density at radius 2 is 2.00 bits per heavy atom. The number of ether oxygens (including phenoxy) is 1. The van der Waals surface area contributed by atoms with Gasteiger partial charge in [-0.15, -0.1) is 0 Å². The summed E-state index contributed by atoms with van der Waals surface area (Å²) in [6, 6.07) is 0. The van der Waals surface area contributed by atoms with Gasteiger partial charge < -0.3 is 15.0 Å². The lowest BCUT2D eigenvalue weighted by Crippen LogP contribution is -2.49. The number of aryl methyl sites for hydroxylation is 1. The molecule has 0 radical (unpaired) electrons. The van der Waals surface area contributed by atoms with Gasteiger partial charge in [-0.3, -0.25) is 4.21 Å². The van der Waals surface area contributed by atoms with Crippen molar-refractivity contribution in [3.05, 3.63) is 35.6 Å². The lowest BCUT2D eigenvalue weighted by atomic mass is 9.77. The van der Waals surface area contributed by atoms with Gasteiger partial charge >= 0.3 is 0 Å². The van der Waals surface area contributed by atoms with Crippen LogP contribution in [-0.2, 0) is 22.0 Å². The van der Waals surface area contributed by atoms with E-state index in [0.717, 1.165) is 60.9 Å². The van der Waals surface area contributed by atoms with E-state index in [-0.39, 0.29) is 5.54 Å². The van der Waals surface area contributed by atoms with Crippen molar-refractivity contribution in [3.8, 4) is 0 Å². The first kappa shape index (κ1) is 22.1. The standard InChI is InChI=1S/C25H32N6O2S/c1-33-16-25(9-3-10-25)30-23-21-20(4-2-13-34(21)32)28-24(29-23)31-11-7-18(8-12-31)22-26-14-19(15-27-22)17-5-6-17/h7,14-15,17H,2-6,8-13,16H2,1H3,(H,28,29,30). The minimum atomic E-state index is -1.06. The Hall–Kier alpha value is -2.39. The van der Waals surface area contributed by atoms with E-state index in [2.05, 4.69) is 26.3 Å². The van der Waals surface area contributed by atoms with Gasteiger partial charge in [0, 0.05) is 38.3 Å². The van der Waals surface area contributed by atoms with Gasteiger partial charge in [0.05, 0.1) is 28.6 Å². The summed E-state index contributed by atoms with van der Waals surface area (Å²) in [5.74, 6) is 3.64. The Bertz CT molecular complexity index is 1130. The van der Waals surface area contributed by atoms with Gasteiger partial charge in [0.25, 0.3) is 0 Å². The number of aromatic nitrogens is 4. The van der Waals surface area contributed by atoms with Crippen molar-refractivity contribution < 1.29 is 8.95 Å². The largest absolute Gasteiger partial charge is 0.382 e. The quantitative estimate of drug-likeness (QED) is 0.644. The summed E-state index contributed by atoms with van der Waals surface area (Å²) < 4.78 is 18.4. The van der Waals surface area contributed by atoms with Crippen molar-refractivity contribution >= 4 is 28.1 Å². The highest BCUT2D eigenvalue weighted by molar-refractivity contribution is 7.85. The molecule has 6 rings (SSSR count). The fourth-order valence-corrected chi connectivity index (χ4v) is 6.55. The molecular weight excluding hydrogens is 448 g/mol. The van der Waals surface area contributed by atoms with Crippen LogP contribution in [0.15, 0.2) is 23.4 Å². The predicted octanol–water partition coefficient (Wildman–Crippen LogP) is 3.47. The molecule has 0 saturated heterocycles. The minimum Gasteiger partial charge on any atom is -0.382 e. The van der Waals surface area contributed by atoms with E-state index in [4.69, 9.17) is 14.7 Å². The van der Waals surface area contributed by atoms with Gasteiger partial charge in [0.15, 0.2) is 5.82 Å². The van der Waals surface area contributed by atoms with E-state index >= 15 is 0 Å². The van der Waals surface area contributed by atoms with Crippen LogP contribution in [-0.4, -0.2) is 62.2 Å². The van der Waals surface area contributed by atoms with E-state index in [1.807, 2.05) is 12.4 Å². The smallest absolute Gasteiger partial charge is 0.227 e. The Labute approximate surface area is 203 Å². The van der Waals surface area contributed by atoms with Crippen molar-refractivity contribution in [2.75, 3.05) is 42.8 Å². The predicted molar refractivity (Wildman–Crippen MR) is 133 cm³/mol. The molecule has 1 N–H and O–H groups in total. The fraction of sp³-hybridized carbons (Fsp3) is 0.600. The molecule has 4 heterocycles. The van der Waals surface area contributed by atoms with Crippen LogP contribution in [0, 0.1) is 0 Å². The zero-order valence-electron chi connectivity index (χ0n) is 19.8. The number of methoxy groups -OCH3 is 1. The molecule has 0 bridgehead atoms. The summed E-state index contributed by atoms with van der Waals surface area (Å²) in [6.07, 6.45) is 14.6. The molecule has 34 heavy (non-hydrogen) atoms. The Balaban J connectivity index is 1.25. The van der Waals surface area contributed by atoms with Gasteiger partial charge in [-0.1, -0.05) is 6.08 Å². The van der Waals surface area contributed by atoms with Crippen LogP contribution in [0.4, 0.5) is 11.8 Å². The van der Waals surface area contributed by atoms with Gasteiger partial charge in [-0.2, -0.15) is 4.98 Å². The van der Waals surface area contributed by atoms with Crippen molar-refractivity contribution in [1.29, 1.82) is 0 Å². The Kier molecular flexibility index (Phi) is 5.85. The van der Waals surface area contributed by atoms with Gasteiger partial charge in [-0.25, -0.2) is 15.0 Å². The van der Waals surface area contributed by atoms with Gasteiger partial charge in [0.2, 0.25) is 5.95 Å². The van der Waals surface area contributed by atoms with Crippen LogP contribution in [0.2, 0.25) is 0 Å². The molecule has 2 aliphatic carbocycles. The molecule has 0 amide bonds. The van der Waals surface area contributed by atoms with E-state index in [1.54, 1.807) is 7.11 Å². The normalized spacial score (nSPS) is 23.6. The highest BCUT2D eigenvalue weighted by Crippen LogP contribution is 2.40. The molecule has 2 aromatic rings. The van der Waals surface area contributed by atoms with Crippen molar-refractivity contribution in [3.63, 3.8) is 0 Å². The minimum absolute atomic E-state index is 0.116. The number of anilines is 2. The first-order chi connectivity index (χ1) is 16.6.